The van der Waals surface area contributed by atoms with Gasteiger partial charge in [-0.2, -0.15) is 0 Å². The van der Waals surface area contributed by atoms with Crippen molar-refractivity contribution < 1.29 is 17.9 Å². The lowest BCUT2D eigenvalue weighted by molar-refractivity contribution is -0.144. The number of halogens is 1. The molecule has 0 aromatic carbocycles. The number of carbonyl (C=O) groups is 1. The Hall–Kier alpha value is -0.400. The summed E-state index contributed by atoms with van der Waals surface area (Å²) in [5, 5.41) is 0. The first kappa shape index (κ1) is 14.7. The summed E-state index contributed by atoms with van der Waals surface area (Å²) >= 11 is 4.65. The lowest BCUT2D eigenvalue weighted by Crippen LogP contribution is -2.23. The predicted octanol–water partition coefficient (Wildman–Crippen LogP) is 2.23. The van der Waals surface area contributed by atoms with E-state index in [0.717, 1.165) is 8.66 Å². The van der Waals surface area contributed by atoms with Crippen LogP contribution in [0.2, 0.25) is 0 Å². The van der Waals surface area contributed by atoms with Gasteiger partial charge in [-0.1, -0.05) is 6.92 Å². The molecule has 0 bridgehead atoms. The van der Waals surface area contributed by atoms with E-state index in [1.54, 1.807) is 19.1 Å². The van der Waals surface area contributed by atoms with Crippen molar-refractivity contribution in [3.05, 3.63) is 20.8 Å². The molecular weight excluding hydrogens is 328 g/mol. The highest BCUT2D eigenvalue weighted by Crippen LogP contribution is 2.24. The third-order valence-electron chi connectivity index (χ3n) is 2.10. The number of sulfone groups is 1. The third kappa shape index (κ3) is 4.77. The molecule has 1 aromatic rings. The molecule has 1 atom stereocenters. The van der Waals surface area contributed by atoms with E-state index in [2.05, 4.69) is 20.7 Å². The second-order valence-electron chi connectivity index (χ2n) is 3.68. The highest BCUT2D eigenvalue weighted by atomic mass is 79.9. The fraction of sp³-hybridized carbons (Fsp3) is 0.500. The maximum atomic E-state index is 11.8. The molecule has 0 amide bonds. The smallest absolute Gasteiger partial charge is 0.309 e. The summed E-state index contributed by atoms with van der Waals surface area (Å²) in [6.07, 6.45) is 0. The summed E-state index contributed by atoms with van der Waals surface area (Å²) in [4.78, 5) is 11.9. The van der Waals surface area contributed by atoms with Gasteiger partial charge in [0.2, 0.25) is 0 Å². The first-order chi connectivity index (χ1) is 7.84. The topological polar surface area (TPSA) is 60.4 Å². The minimum Gasteiger partial charge on any atom is -0.469 e. The number of carbonyl (C=O) groups excluding carboxylic acids is 1. The lowest BCUT2D eigenvalue weighted by Gasteiger charge is -2.09. The molecule has 7 heteroatoms. The Morgan fingerprint density at radius 1 is 1.53 bits per heavy atom. The van der Waals surface area contributed by atoms with Crippen LogP contribution in [0.15, 0.2) is 15.9 Å². The molecule has 0 aliphatic rings. The molecule has 0 N–H and O–H groups in total. The van der Waals surface area contributed by atoms with Crippen molar-refractivity contribution in [2.24, 2.45) is 5.92 Å². The van der Waals surface area contributed by atoms with Gasteiger partial charge in [-0.05, 0) is 28.1 Å². The zero-order valence-electron chi connectivity index (χ0n) is 9.47. The summed E-state index contributed by atoms with van der Waals surface area (Å²) in [6.45, 7) is 1.55. The SMILES string of the molecule is COC(=O)C(C)CS(=O)(=O)Cc1ccc(Br)s1. The van der Waals surface area contributed by atoms with Crippen LogP contribution < -0.4 is 0 Å². The van der Waals surface area contributed by atoms with Gasteiger partial charge in [-0.25, -0.2) is 8.42 Å². The largest absolute Gasteiger partial charge is 0.469 e. The summed E-state index contributed by atoms with van der Waals surface area (Å²) in [5.74, 6) is -1.35. The van der Waals surface area contributed by atoms with Crippen LogP contribution in [0.25, 0.3) is 0 Å². The number of rotatable bonds is 5. The zero-order valence-corrected chi connectivity index (χ0v) is 12.7. The average Bonchev–Trinajstić information content (AvgIpc) is 2.60. The van der Waals surface area contributed by atoms with Crippen LogP contribution in [0.3, 0.4) is 0 Å². The van der Waals surface area contributed by atoms with E-state index in [-0.39, 0.29) is 11.5 Å². The normalized spacial score (nSPS) is 13.4. The molecule has 96 valence electrons. The number of hydrogen-bond donors (Lipinski definition) is 0. The Bertz CT molecular complexity index is 492. The fourth-order valence-corrected chi connectivity index (χ4v) is 4.95. The van der Waals surface area contributed by atoms with Crippen LogP contribution in [0.1, 0.15) is 11.8 Å². The van der Waals surface area contributed by atoms with Crippen LogP contribution in [-0.2, 0) is 25.1 Å². The van der Waals surface area contributed by atoms with Gasteiger partial charge in [0.25, 0.3) is 0 Å². The first-order valence-electron chi connectivity index (χ1n) is 4.86. The van der Waals surface area contributed by atoms with Crippen molar-refractivity contribution in [3.8, 4) is 0 Å². The monoisotopic (exact) mass is 340 g/mol. The molecule has 1 rings (SSSR count). The Balaban J connectivity index is 2.66. The summed E-state index contributed by atoms with van der Waals surface area (Å²) < 4.78 is 29.0. The number of hydrogen-bond acceptors (Lipinski definition) is 5. The van der Waals surface area contributed by atoms with Gasteiger partial charge in [0, 0.05) is 4.88 Å². The summed E-state index contributed by atoms with van der Waals surface area (Å²) in [6, 6.07) is 3.56. The van der Waals surface area contributed by atoms with Gasteiger partial charge in [0.15, 0.2) is 9.84 Å². The van der Waals surface area contributed by atoms with Crippen LogP contribution in [0.5, 0.6) is 0 Å². The van der Waals surface area contributed by atoms with E-state index >= 15 is 0 Å². The second-order valence-corrected chi connectivity index (χ2v) is 8.34. The van der Waals surface area contributed by atoms with Gasteiger partial charge in [-0.3, -0.25) is 4.79 Å². The van der Waals surface area contributed by atoms with Gasteiger partial charge in [0.1, 0.15) is 0 Å². The van der Waals surface area contributed by atoms with Crippen LogP contribution >= 0.6 is 27.3 Å². The highest BCUT2D eigenvalue weighted by molar-refractivity contribution is 9.11. The number of esters is 1. The van der Waals surface area contributed by atoms with Crippen molar-refractivity contribution in [2.75, 3.05) is 12.9 Å². The summed E-state index contributed by atoms with van der Waals surface area (Å²) in [7, 11) is -2.04. The molecule has 4 nitrogen and oxygen atoms in total. The van der Waals surface area contributed by atoms with Crippen LogP contribution in [-0.4, -0.2) is 27.2 Å². The predicted molar refractivity (Wildman–Crippen MR) is 70.7 cm³/mol. The van der Waals surface area contributed by atoms with Gasteiger partial charge >= 0.3 is 5.97 Å². The fourth-order valence-electron chi connectivity index (χ4n) is 1.36. The van der Waals surface area contributed by atoms with E-state index in [1.807, 2.05) is 0 Å². The standard InChI is InChI=1S/C10H13BrO4S2/c1-7(10(12)15-2)5-17(13,14)6-8-3-4-9(11)16-8/h3-4,7H,5-6H2,1-2H3. The Morgan fingerprint density at radius 2 is 2.18 bits per heavy atom. The molecule has 0 aliphatic heterocycles. The van der Waals surface area contributed by atoms with Crippen LogP contribution in [0.4, 0.5) is 0 Å². The molecule has 17 heavy (non-hydrogen) atoms. The van der Waals surface area contributed by atoms with Gasteiger partial charge in [0.05, 0.1) is 28.3 Å². The van der Waals surface area contributed by atoms with Crippen molar-refractivity contribution in [3.63, 3.8) is 0 Å². The molecule has 1 aromatic heterocycles. The van der Waals surface area contributed by atoms with Gasteiger partial charge in [-0.15, -0.1) is 11.3 Å². The Labute approximate surface area is 113 Å². The average molecular weight is 341 g/mol. The molecule has 0 saturated carbocycles. The number of methoxy groups -OCH3 is 1. The van der Waals surface area contributed by atoms with E-state index in [0.29, 0.717) is 0 Å². The van der Waals surface area contributed by atoms with E-state index in [4.69, 9.17) is 0 Å². The Morgan fingerprint density at radius 3 is 2.65 bits per heavy atom. The van der Waals surface area contributed by atoms with E-state index in [9.17, 15) is 13.2 Å². The van der Waals surface area contributed by atoms with E-state index < -0.39 is 21.7 Å². The molecule has 0 radical (unpaired) electrons. The highest BCUT2D eigenvalue weighted by Gasteiger charge is 2.22. The number of thiophene rings is 1. The molecule has 1 heterocycles. The maximum absolute atomic E-state index is 11.8. The minimum absolute atomic E-state index is 0.0371. The van der Waals surface area contributed by atoms with E-state index in [1.165, 1.54) is 18.4 Å². The molecule has 0 spiro atoms. The number of ether oxygens (including phenoxy) is 1. The quantitative estimate of drug-likeness (QED) is 0.771. The third-order valence-corrected chi connectivity index (χ3v) is 5.66. The Kier molecular flexibility index (Phi) is 5.15. The molecule has 0 aliphatic carbocycles. The zero-order chi connectivity index (χ0) is 13.1. The van der Waals surface area contributed by atoms with Crippen LogP contribution in [0, 0.1) is 5.92 Å². The van der Waals surface area contributed by atoms with Crippen molar-refractivity contribution in [1.29, 1.82) is 0 Å². The molecule has 0 fully saturated rings. The van der Waals surface area contributed by atoms with Crippen molar-refractivity contribution >= 4 is 43.1 Å². The summed E-state index contributed by atoms with van der Waals surface area (Å²) in [5.41, 5.74) is 0. The van der Waals surface area contributed by atoms with Crippen molar-refractivity contribution in [2.45, 2.75) is 12.7 Å². The lowest BCUT2D eigenvalue weighted by atomic mass is 10.2. The van der Waals surface area contributed by atoms with Gasteiger partial charge < -0.3 is 4.74 Å². The maximum Gasteiger partial charge on any atom is 0.309 e. The first-order valence-corrected chi connectivity index (χ1v) is 8.29. The minimum atomic E-state index is -3.29. The van der Waals surface area contributed by atoms with Crippen molar-refractivity contribution in [1.82, 2.24) is 0 Å². The second kappa shape index (κ2) is 5.97. The molecule has 1 unspecified atom stereocenters. The molecular formula is C10H13BrO4S2. The molecule has 0 saturated heterocycles.